The van der Waals surface area contributed by atoms with Crippen LogP contribution in [0.3, 0.4) is 0 Å². The van der Waals surface area contributed by atoms with Crippen molar-refractivity contribution in [1.82, 2.24) is 9.62 Å². The first-order valence-corrected chi connectivity index (χ1v) is 8.38. The van der Waals surface area contributed by atoms with Gasteiger partial charge in [0.15, 0.2) is 0 Å². The first-order valence-electron chi connectivity index (χ1n) is 6.90. The summed E-state index contributed by atoms with van der Waals surface area (Å²) in [5, 5.41) is 0. The summed E-state index contributed by atoms with van der Waals surface area (Å²) in [5.41, 5.74) is 6.89. The lowest BCUT2D eigenvalue weighted by atomic mass is 10.2. The van der Waals surface area contributed by atoms with Crippen LogP contribution < -0.4 is 10.5 Å². The van der Waals surface area contributed by atoms with Gasteiger partial charge in [0, 0.05) is 18.8 Å². The molecular weight excluding hydrogens is 290 g/mol. The number of nitrogens with zero attached hydrogens (tertiary/aromatic N) is 1. The van der Waals surface area contributed by atoms with E-state index in [-0.39, 0.29) is 10.8 Å². The molecule has 0 saturated carbocycles. The van der Waals surface area contributed by atoms with Crippen LogP contribution in [0.2, 0.25) is 0 Å². The van der Waals surface area contributed by atoms with Gasteiger partial charge in [0.25, 0.3) is 0 Å². The first-order chi connectivity index (χ1) is 9.72. The third-order valence-electron chi connectivity index (χ3n) is 3.33. The van der Waals surface area contributed by atoms with Crippen LogP contribution in [-0.2, 0) is 14.8 Å². The predicted octanol–water partition coefficient (Wildman–Crippen LogP) is 1.11. The molecule has 1 aromatic carbocycles. The number of nitrogen functional groups attached to an aromatic ring is 1. The average molecular weight is 313 g/mol. The first kappa shape index (κ1) is 17.5. The quantitative estimate of drug-likeness (QED) is 0.770. The lowest BCUT2D eigenvalue weighted by Crippen LogP contribution is -2.46. The van der Waals surface area contributed by atoms with E-state index in [1.165, 1.54) is 12.1 Å². The second-order valence-electron chi connectivity index (χ2n) is 4.87. The van der Waals surface area contributed by atoms with Crippen molar-refractivity contribution in [2.45, 2.75) is 38.6 Å². The molecule has 0 aliphatic rings. The third-order valence-corrected chi connectivity index (χ3v) is 4.87. The minimum Gasteiger partial charge on any atom is -0.399 e. The summed E-state index contributed by atoms with van der Waals surface area (Å²) in [6.07, 6.45) is 0. The molecule has 1 unspecified atom stereocenters. The minimum atomic E-state index is -3.75. The Morgan fingerprint density at radius 1 is 1.33 bits per heavy atom. The van der Waals surface area contributed by atoms with E-state index in [0.717, 1.165) is 0 Å². The number of nitrogens with one attached hydrogen (secondary N) is 1. The van der Waals surface area contributed by atoms with E-state index in [1.807, 2.05) is 13.8 Å². The van der Waals surface area contributed by atoms with Gasteiger partial charge in [-0.3, -0.25) is 4.79 Å². The number of likely N-dealkylation sites (N-methyl/N-ethyl adjacent to an activating group) is 1. The van der Waals surface area contributed by atoms with Gasteiger partial charge in [-0.1, -0.05) is 0 Å². The van der Waals surface area contributed by atoms with Crippen molar-refractivity contribution in [2.24, 2.45) is 0 Å². The Bertz CT molecular complexity index is 610. The normalized spacial score (nSPS) is 13.0. The Labute approximate surface area is 126 Å². The summed E-state index contributed by atoms with van der Waals surface area (Å²) >= 11 is 0. The molecule has 0 aliphatic carbocycles. The fourth-order valence-electron chi connectivity index (χ4n) is 1.98. The van der Waals surface area contributed by atoms with Gasteiger partial charge in [0.1, 0.15) is 0 Å². The summed E-state index contributed by atoms with van der Waals surface area (Å²) in [6, 6.07) is 3.65. The fourth-order valence-corrected chi connectivity index (χ4v) is 3.26. The number of rotatable bonds is 6. The molecule has 0 radical (unpaired) electrons. The molecule has 21 heavy (non-hydrogen) atoms. The SMILES string of the molecule is CCN(CC)C(=O)C(C)NS(=O)(=O)c1ccc(N)c(C)c1. The van der Waals surface area contributed by atoms with Crippen LogP contribution in [0.1, 0.15) is 26.3 Å². The molecule has 118 valence electrons. The van der Waals surface area contributed by atoms with E-state index >= 15 is 0 Å². The zero-order valence-corrected chi connectivity index (χ0v) is 13.7. The number of hydrogen-bond donors (Lipinski definition) is 2. The van der Waals surface area contributed by atoms with Crippen LogP contribution in [0.5, 0.6) is 0 Å². The maximum absolute atomic E-state index is 12.3. The Hall–Kier alpha value is -1.60. The van der Waals surface area contributed by atoms with Gasteiger partial charge in [-0.25, -0.2) is 8.42 Å². The summed E-state index contributed by atoms with van der Waals surface area (Å²) in [5.74, 6) is -0.240. The van der Waals surface area contributed by atoms with Crippen LogP contribution in [-0.4, -0.2) is 38.4 Å². The fraction of sp³-hybridized carbons (Fsp3) is 0.500. The maximum atomic E-state index is 12.3. The molecule has 6 nitrogen and oxygen atoms in total. The van der Waals surface area contributed by atoms with Gasteiger partial charge in [0.05, 0.1) is 10.9 Å². The van der Waals surface area contributed by atoms with Gasteiger partial charge in [-0.05, 0) is 51.5 Å². The summed E-state index contributed by atoms with van der Waals surface area (Å²) < 4.78 is 27.0. The molecule has 1 amide bonds. The van der Waals surface area contributed by atoms with Crippen LogP contribution in [0, 0.1) is 6.92 Å². The van der Waals surface area contributed by atoms with Gasteiger partial charge in [-0.2, -0.15) is 4.72 Å². The molecule has 3 N–H and O–H groups in total. The van der Waals surface area contributed by atoms with Crippen molar-refractivity contribution in [2.75, 3.05) is 18.8 Å². The number of carbonyl (C=O) groups is 1. The van der Waals surface area contributed by atoms with E-state index in [9.17, 15) is 13.2 Å². The molecule has 0 spiro atoms. The highest BCUT2D eigenvalue weighted by Gasteiger charge is 2.24. The van der Waals surface area contributed by atoms with Crippen molar-refractivity contribution >= 4 is 21.6 Å². The molecular formula is C14H23N3O3S. The van der Waals surface area contributed by atoms with Crippen LogP contribution in [0.4, 0.5) is 5.69 Å². The van der Waals surface area contributed by atoms with Crippen LogP contribution in [0.25, 0.3) is 0 Å². The number of amides is 1. The number of nitrogens with two attached hydrogens (primary N) is 1. The Morgan fingerprint density at radius 3 is 2.38 bits per heavy atom. The standard InChI is InChI=1S/C14H23N3O3S/c1-5-17(6-2)14(18)11(4)16-21(19,20)12-7-8-13(15)10(3)9-12/h7-9,11,16H,5-6,15H2,1-4H3. The largest absolute Gasteiger partial charge is 0.399 e. The summed E-state index contributed by atoms with van der Waals surface area (Å²) in [6.45, 7) is 8.07. The molecule has 0 aliphatic heterocycles. The van der Waals surface area contributed by atoms with E-state index in [0.29, 0.717) is 24.3 Å². The molecule has 0 heterocycles. The Morgan fingerprint density at radius 2 is 1.90 bits per heavy atom. The molecule has 7 heteroatoms. The number of carbonyl (C=O) groups excluding carboxylic acids is 1. The zero-order valence-electron chi connectivity index (χ0n) is 12.9. The smallest absolute Gasteiger partial charge is 0.241 e. The lowest BCUT2D eigenvalue weighted by Gasteiger charge is -2.23. The van der Waals surface area contributed by atoms with Crippen LogP contribution in [0.15, 0.2) is 23.1 Å². The van der Waals surface area contributed by atoms with E-state index in [1.54, 1.807) is 24.8 Å². The molecule has 0 fully saturated rings. The molecule has 0 aromatic heterocycles. The predicted molar refractivity (Wildman–Crippen MR) is 83.3 cm³/mol. The average Bonchev–Trinajstić information content (AvgIpc) is 2.42. The number of benzene rings is 1. The highest BCUT2D eigenvalue weighted by Crippen LogP contribution is 2.17. The number of anilines is 1. The number of sulfonamides is 1. The van der Waals surface area contributed by atoms with Crippen molar-refractivity contribution in [3.63, 3.8) is 0 Å². The number of hydrogen-bond acceptors (Lipinski definition) is 4. The number of aryl methyl sites for hydroxylation is 1. The van der Waals surface area contributed by atoms with Gasteiger partial charge < -0.3 is 10.6 Å². The van der Waals surface area contributed by atoms with Crippen LogP contribution >= 0.6 is 0 Å². The molecule has 0 bridgehead atoms. The minimum absolute atomic E-state index is 0.105. The van der Waals surface area contributed by atoms with Crippen molar-refractivity contribution in [3.8, 4) is 0 Å². The van der Waals surface area contributed by atoms with Crippen molar-refractivity contribution < 1.29 is 13.2 Å². The topological polar surface area (TPSA) is 92.5 Å². The molecule has 0 saturated heterocycles. The molecule has 1 atom stereocenters. The van der Waals surface area contributed by atoms with Gasteiger partial charge in [0.2, 0.25) is 15.9 Å². The Kier molecular flexibility index (Phi) is 5.74. The van der Waals surface area contributed by atoms with Crippen molar-refractivity contribution in [3.05, 3.63) is 23.8 Å². The highest BCUT2D eigenvalue weighted by atomic mass is 32.2. The second-order valence-corrected chi connectivity index (χ2v) is 6.59. The lowest BCUT2D eigenvalue weighted by molar-refractivity contribution is -0.132. The summed E-state index contributed by atoms with van der Waals surface area (Å²) in [7, 11) is -3.75. The highest BCUT2D eigenvalue weighted by molar-refractivity contribution is 7.89. The summed E-state index contributed by atoms with van der Waals surface area (Å²) in [4.78, 5) is 13.8. The van der Waals surface area contributed by atoms with Gasteiger partial charge in [-0.15, -0.1) is 0 Å². The monoisotopic (exact) mass is 313 g/mol. The van der Waals surface area contributed by atoms with Gasteiger partial charge >= 0.3 is 0 Å². The van der Waals surface area contributed by atoms with Crippen molar-refractivity contribution in [1.29, 1.82) is 0 Å². The maximum Gasteiger partial charge on any atom is 0.241 e. The molecule has 1 rings (SSSR count). The van der Waals surface area contributed by atoms with E-state index in [2.05, 4.69) is 4.72 Å². The van der Waals surface area contributed by atoms with E-state index < -0.39 is 16.1 Å². The Balaban J connectivity index is 2.94. The zero-order chi connectivity index (χ0) is 16.2. The van der Waals surface area contributed by atoms with E-state index in [4.69, 9.17) is 5.73 Å². The third kappa shape index (κ3) is 4.18. The second kappa shape index (κ2) is 6.91. The molecule has 1 aromatic rings.